The van der Waals surface area contributed by atoms with Crippen LogP contribution in [0.25, 0.3) is 0 Å². The van der Waals surface area contributed by atoms with E-state index in [2.05, 4.69) is 0 Å². The van der Waals surface area contributed by atoms with Crippen molar-refractivity contribution < 1.29 is 13.9 Å². The molecule has 0 bridgehead atoms. The molecule has 0 aliphatic rings. The van der Waals surface area contributed by atoms with Gasteiger partial charge < -0.3 is 5.11 Å². The summed E-state index contributed by atoms with van der Waals surface area (Å²) < 4.78 is 24.4. The van der Waals surface area contributed by atoms with Crippen LogP contribution in [0, 0.1) is 0 Å². The van der Waals surface area contributed by atoms with E-state index in [9.17, 15) is 8.78 Å². The van der Waals surface area contributed by atoms with E-state index in [4.69, 9.17) is 5.11 Å². The second-order valence-corrected chi connectivity index (χ2v) is 3.10. The van der Waals surface area contributed by atoms with Crippen molar-refractivity contribution in [3.63, 3.8) is 0 Å². The second kappa shape index (κ2) is 4.33. The quantitative estimate of drug-likeness (QED) is 0.769. The summed E-state index contributed by atoms with van der Waals surface area (Å²) >= 11 is 0. The number of rotatable bonds is 3. The number of halogens is 2. The van der Waals surface area contributed by atoms with Gasteiger partial charge in [0.25, 0.3) is 6.43 Å². The van der Waals surface area contributed by atoms with Crippen LogP contribution in [0.4, 0.5) is 8.78 Å². The maximum Gasteiger partial charge on any atom is 0.263 e. The molecule has 1 nitrogen and oxygen atoms in total. The van der Waals surface area contributed by atoms with E-state index in [0.717, 1.165) is 5.56 Å². The van der Waals surface area contributed by atoms with Crippen LogP contribution in [0.5, 0.6) is 0 Å². The number of benzene rings is 1. The molecule has 0 radical (unpaired) electrons. The Morgan fingerprint density at radius 2 is 2.08 bits per heavy atom. The molecule has 0 aliphatic carbocycles. The Bertz CT molecular complexity index is 271. The molecular weight excluding hydrogens is 174 g/mol. The third-order valence-corrected chi connectivity index (χ3v) is 1.73. The molecule has 0 spiro atoms. The first-order chi connectivity index (χ1) is 6.09. The number of aliphatic hydroxyl groups excluding tert-OH is 1. The zero-order valence-electron chi connectivity index (χ0n) is 7.37. The van der Waals surface area contributed by atoms with E-state index in [1.807, 2.05) is 0 Å². The molecule has 1 rings (SSSR count). The van der Waals surface area contributed by atoms with Crippen molar-refractivity contribution in [2.45, 2.75) is 25.9 Å². The molecule has 0 heterocycles. The van der Waals surface area contributed by atoms with Crippen molar-refractivity contribution >= 4 is 0 Å². The Morgan fingerprint density at radius 1 is 1.38 bits per heavy atom. The van der Waals surface area contributed by atoms with Gasteiger partial charge in [-0.25, -0.2) is 8.78 Å². The summed E-state index contributed by atoms with van der Waals surface area (Å²) in [5, 5.41) is 9.05. The van der Waals surface area contributed by atoms with Gasteiger partial charge in [-0.15, -0.1) is 0 Å². The highest BCUT2D eigenvalue weighted by Crippen LogP contribution is 2.19. The van der Waals surface area contributed by atoms with Crippen LogP contribution in [-0.2, 0) is 6.42 Å². The predicted octanol–water partition coefficient (Wildman–Crippen LogP) is 2.55. The molecule has 72 valence electrons. The molecular formula is C10H12F2O. The topological polar surface area (TPSA) is 20.2 Å². The Hall–Kier alpha value is -0.960. The Labute approximate surface area is 76.0 Å². The average molecular weight is 186 g/mol. The average Bonchev–Trinajstić information content (AvgIpc) is 2.03. The molecule has 0 aromatic heterocycles. The summed E-state index contributed by atoms with van der Waals surface area (Å²) in [5.74, 6) is 0. The van der Waals surface area contributed by atoms with Crippen LogP contribution in [0.1, 0.15) is 24.5 Å². The largest absolute Gasteiger partial charge is 0.393 e. The molecule has 0 saturated heterocycles. The Morgan fingerprint density at radius 3 is 2.62 bits per heavy atom. The molecule has 1 atom stereocenters. The maximum atomic E-state index is 12.2. The van der Waals surface area contributed by atoms with E-state index in [1.54, 1.807) is 19.1 Å². The first kappa shape index (κ1) is 10.1. The van der Waals surface area contributed by atoms with E-state index >= 15 is 0 Å². The van der Waals surface area contributed by atoms with Crippen LogP contribution in [0.15, 0.2) is 24.3 Å². The van der Waals surface area contributed by atoms with E-state index in [-0.39, 0.29) is 5.56 Å². The number of aliphatic hydroxyl groups is 1. The summed E-state index contributed by atoms with van der Waals surface area (Å²) in [7, 11) is 0. The van der Waals surface area contributed by atoms with Crippen LogP contribution in [0.3, 0.4) is 0 Å². The molecule has 0 amide bonds. The predicted molar refractivity (Wildman–Crippen MR) is 46.8 cm³/mol. The standard InChI is InChI=1S/C10H12F2O/c1-7(13)5-8-3-2-4-9(6-8)10(11)12/h2-4,6-7,10,13H,5H2,1H3/t7-/m1/s1. The lowest BCUT2D eigenvalue weighted by atomic mass is 10.1. The fraction of sp³-hybridized carbons (Fsp3) is 0.400. The van der Waals surface area contributed by atoms with Gasteiger partial charge in [0.05, 0.1) is 6.10 Å². The minimum absolute atomic E-state index is 0.0122. The molecule has 0 fully saturated rings. The van der Waals surface area contributed by atoms with Gasteiger partial charge in [-0.3, -0.25) is 0 Å². The smallest absolute Gasteiger partial charge is 0.263 e. The Kier molecular flexibility index (Phi) is 3.37. The number of hydrogen-bond acceptors (Lipinski definition) is 1. The summed E-state index contributed by atoms with van der Waals surface area (Å²) in [5.41, 5.74) is 0.756. The lowest BCUT2D eigenvalue weighted by Gasteiger charge is -2.06. The van der Waals surface area contributed by atoms with Gasteiger partial charge in [0, 0.05) is 5.56 Å². The molecule has 1 aromatic rings. The summed E-state index contributed by atoms with van der Waals surface area (Å²) in [4.78, 5) is 0. The van der Waals surface area contributed by atoms with Crippen molar-refractivity contribution in [1.82, 2.24) is 0 Å². The van der Waals surface area contributed by atoms with Crippen LogP contribution in [-0.4, -0.2) is 11.2 Å². The van der Waals surface area contributed by atoms with Crippen molar-refractivity contribution in [3.8, 4) is 0 Å². The molecule has 13 heavy (non-hydrogen) atoms. The van der Waals surface area contributed by atoms with Crippen LogP contribution in [0.2, 0.25) is 0 Å². The first-order valence-corrected chi connectivity index (χ1v) is 4.14. The molecule has 0 unspecified atom stereocenters. The Balaban J connectivity index is 2.79. The number of alkyl halides is 2. The fourth-order valence-electron chi connectivity index (χ4n) is 1.20. The van der Waals surface area contributed by atoms with Gasteiger partial charge in [0.15, 0.2) is 0 Å². The highest BCUT2D eigenvalue weighted by atomic mass is 19.3. The first-order valence-electron chi connectivity index (χ1n) is 4.14. The summed E-state index contributed by atoms with van der Waals surface area (Å²) in [6.45, 7) is 1.63. The summed E-state index contributed by atoms with van der Waals surface area (Å²) in [6, 6.07) is 6.13. The fourth-order valence-corrected chi connectivity index (χ4v) is 1.20. The van der Waals surface area contributed by atoms with Gasteiger partial charge in [-0.1, -0.05) is 24.3 Å². The highest BCUT2D eigenvalue weighted by Gasteiger charge is 2.07. The van der Waals surface area contributed by atoms with Crippen molar-refractivity contribution in [1.29, 1.82) is 0 Å². The van der Waals surface area contributed by atoms with E-state index in [1.165, 1.54) is 12.1 Å². The van der Waals surface area contributed by atoms with Gasteiger partial charge in [0.2, 0.25) is 0 Å². The van der Waals surface area contributed by atoms with Gasteiger partial charge in [0.1, 0.15) is 0 Å². The maximum absolute atomic E-state index is 12.2. The van der Waals surface area contributed by atoms with Gasteiger partial charge >= 0.3 is 0 Å². The minimum atomic E-state index is -2.44. The summed E-state index contributed by atoms with van der Waals surface area (Å²) in [6.07, 6.45) is -2.51. The third kappa shape index (κ3) is 3.11. The normalized spacial score (nSPS) is 13.3. The minimum Gasteiger partial charge on any atom is -0.393 e. The van der Waals surface area contributed by atoms with E-state index < -0.39 is 12.5 Å². The molecule has 1 N–H and O–H groups in total. The highest BCUT2D eigenvalue weighted by molar-refractivity contribution is 5.24. The zero-order chi connectivity index (χ0) is 9.84. The van der Waals surface area contributed by atoms with Crippen LogP contribution >= 0.6 is 0 Å². The lowest BCUT2D eigenvalue weighted by Crippen LogP contribution is -2.04. The van der Waals surface area contributed by atoms with Crippen molar-refractivity contribution in [3.05, 3.63) is 35.4 Å². The molecule has 0 aliphatic heterocycles. The molecule has 3 heteroatoms. The second-order valence-electron chi connectivity index (χ2n) is 3.10. The molecule has 0 saturated carbocycles. The van der Waals surface area contributed by atoms with E-state index in [0.29, 0.717) is 6.42 Å². The third-order valence-electron chi connectivity index (χ3n) is 1.73. The monoisotopic (exact) mass is 186 g/mol. The van der Waals surface area contributed by atoms with Gasteiger partial charge in [-0.2, -0.15) is 0 Å². The van der Waals surface area contributed by atoms with Crippen LogP contribution < -0.4 is 0 Å². The number of hydrogen-bond donors (Lipinski definition) is 1. The SMILES string of the molecule is C[C@@H](O)Cc1cccc(C(F)F)c1. The zero-order valence-corrected chi connectivity index (χ0v) is 7.37. The molecule has 1 aromatic carbocycles. The van der Waals surface area contributed by atoms with Crippen molar-refractivity contribution in [2.24, 2.45) is 0 Å². The lowest BCUT2D eigenvalue weighted by molar-refractivity contribution is 0.151. The van der Waals surface area contributed by atoms with Gasteiger partial charge in [-0.05, 0) is 18.9 Å². The van der Waals surface area contributed by atoms with Crippen molar-refractivity contribution in [2.75, 3.05) is 0 Å².